The molecule has 0 heterocycles. The SMILES string of the molecule is O=C(COc1cccc(Cl)c1)N/N=C\c1cccc([N+](=O)[O-])c1[O-]. The highest BCUT2D eigenvalue weighted by molar-refractivity contribution is 6.30. The lowest BCUT2D eigenvalue weighted by atomic mass is 10.2. The first kappa shape index (κ1) is 17.2. The van der Waals surface area contributed by atoms with Crippen LogP contribution in [0.15, 0.2) is 47.6 Å². The zero-order valence-electron chi connectivity index (χ0n) is 12.1. The molecule has 2 rings (SSSR count). The van der Waals surface area contributed by atoms with Crippen LogP contribution in [0.5, 0.6) is 11.5 Å². The lowest BCUT2D eigenvalue weighted by Gasteiger charge is -2.09. The van der Waals surface area contributed by atoms with Crippen molar-refractivity contribution in [3.63, 3.8) is 0 Å². The van der Waals surface area contributed by atoms with E-state index in [9.17, 15) is 20.0 Å². The van der Waals surface area contributed by atoms with E-state index in [0.717, 1.165) is 12.3 Å². The van der Waals surface area contributed by atoms with E-state index in [2.05, 4.69) is 10.5 Å². The number of amides is 1. The number of hydrogen-bond acceptors (Lipinski definition) is 6. The average molecular weight is 349 g/mol. The summed E-state index contributed by atoms with van der Waals surface area (Å²) in [6, 6.07) is 10.3. The Hall–Kier alpha value is -3.13. The molecule has 124 valence electrons. The Kier molecular flexibility index (Phi) is 5.69. The molecule has 1 N–H and O–H groups in total. The van der Waals surface area contributed by atoms with Crippen molar-refractivity contribution >= 4 is 29.4 Å². The molecular formula is C15H11ClN3O5-. The van der Waals surface area contributed by atoms with Crippen LogP contribution in [-0.2, 0) is 4.79 Å². The maximum Gasteiger partial charge on any atom is 0.277 e. The molecule has 0 aliphatic heterocycles. The van der Waals surface area contributed by atoms with Crippen LogP contribution in [-0.4, -0.2) is 23.7 Å². The van der Waals surface area contributed by atoms with E-state index in [1.807, 2.05) is 0 Å². The highest BCUT2D eigenvalue weighted by Crippen LogP contribution is 2.25. The topological polar surface area (TPSA) is 117 Å². The number of nitrogens with one attached hydrogen (secondary N) is 1. The van der Waals surface area contributed by atoms with Crippen LogP contribution in [0.25, 0.3) is 0 Å². The summed E-state index contributed by atoms with van der Waals surface area (Å²) in [5, 5.41) is 26.5. The molecule has 0 bridgehead atoms. The van der Waals surface area contributed by atoms with Crippen molar-refractivity contribution in [1.82, 2.24) is 5.43 Å². The molecular weight excluding hydrogens is 338 g/mol. The predicted octanol–water partition coefficient (Wildman–Crippen LogP) is 1.85. The number of ether oxygens (including phenoxy) is 1. The number of nitro groups is 1. The molecule has 0 saturated heterocycles. The van der Waals surface area contributed by atoms with Gasteiger partial charge in [-0.1, -0.05) is 29.8 Å². The summed E-state index contributed by atoms with van der Waals surface area (Å²) in [7, 11) is 0. The van der Waals surface area contributed by atoms with Gasteiger partial charge < -0.3 is 9.84 Å². The number of rotatable bonds is 6. The molecule has 0 saturated carbocycles. The summed E-state index contributed by atoms with van der Waals surface area (Å²) in [5.41, 5.74) is 1.58. The van der Waals surface area contributed by atoms with Gasteiger partial charge in [-0.15, -0.1) is 0 Å². The number of nitrogens with zero attached hydrogens (tertiary/aromatic N) is 2. The molecule has 2 aromatic carbocycles. The summed E-state index contributed by atoms with van der Waals surface area (Å²) in [5.74, 6) is -0.929. The lowest BCUT2D eigenvalue weighted by Crippen LogP contribution is -2.24. The molecule has 0 fully saturated rings. The van der Waals surface area contributed by atoms with Gasteiger partial charge >= 0.3 is 0 Å². The van der Waals surface area contributed by atoms with Gasteiger partial charge in [-0.3, -0.25) is 14.9 Å². The van der Waals surface area contributed by atoms with Gasteiger partial charge in [-0.2, -0.15) is 5.10 Å². The smallest absolute Gasteiger partial charge is 0.277 e. The Bertz CT molecular complexity index is 794. The van der Waals surface area contributed by atoms with E-state index < -0.39 is 22.3 Å². The summed E-state index contributed by atoms with van der Waals surface area (Å²) >= 11 is 5.78. The van der Waals surface area contributed by atoms with Crippen LogP contribution in [0.4, 0.5) is 5.69 Å². The Morgan fingerprint density at radius 1 is 1.33 bits per heavy atom. The van der Waals surface area contributed by atoms with Crippen molar-refractivity contribution in [2.75, 3.05) is 6.61 Å². The second kappa shape index (κ2) is 7.93. The van der Waals surface area contributed by atoms with E-state index in [-0.39, 0.29) is 12.2 Å². The number of benzene rings is 2. The lowest BCUT2D eigenvalue weighted by molar-refractivity contribution is -0.398. The van der Waals surface area contributed by atoms with Gasteiger partial charge in [0.1, 0.15) is 5.75 Å². The molecule has 0 radical (unpaired) electrons. The van der Waals surface area contributed by atoms with Crippen molar-refractivity contribution in [3.05, 3.63) is 63.2 Å². The standard InChI is InChI=1S/C15H12ClN3O5/c16-11-4-2-5-12(7-11)24-9-14(20)18-17-8-10-3-1-6-13(15(10)21)19(22)23/h1-8,21H,9H2,(H,18,20)/p-1/b17-8-. The zero-order valence-corrected chi connectivity index (χ0v) is 12.9. The Morgan fingerprint density at radius 2 is 2.08 bits per heavy atom. The summed E-state index contributed by atoms with van der Waals surface area (Å²) in [6.07, 6.45) is 1.03. The van der Waals surface area contributed by atoms with Crippen molar-refractivity contribution in [3.8, 4) is 11.5 Å². The summed E-state index contributed by atoms with van der Waals surface area (Å²) in [6.45, 7) is -0.309. The molecule has 0 spiro atoms. The van der Waals surface area contributed by atoms with Crippen LogP contribution >= 0.6 is 11.6 Å². The van der Waals surface area contributed by atoms with Gasteiger partial charge in [-0.25, -0.2) is 5.43 Å². The normalized spacial score (nSPS) is 10.5. The minimum atomic E-state index is -0.782. The van der Waals surface area contributed by atoms with Gasteiger partial charge in [0.2, 0.25) is 0 Å². The minimum absolute atomic E-state index is 0.0136. The van der Waals surface area contributed by atoms with Gasteiger partial charge in [0.15, 0.2) is 6.61 Å². The fraction of sp³-hybridized carbons (Fsp3) is 0.0667. The molecule has 0 aromatic heterocycles. The summed E-state index contributed by atoms with van der Waals surface area (Å²) < 4.78 is 5.20. The molecule has 0 unspecified atom stereocenters. The van der Waals surface area contributed by atoms with Crippen LogP contribution in [0.1, 0.15) is 5.56 Å². The molecule has 9 heteroatoms. The van der Waals surface area contributed by atoms with Crippen LogP contribution in [0.3, 0.4) is 0 Å². The van der Waals surface area contributed by atoms with Gasteiger partial charge in [0.25, 0.3) is 11.6 Å². The fourth-order valence-corrected chi connectivity index (χ4v) is 1.88. The Morgan fingerprint density at radius 3 is 2.79 bits per heavy atom. The van der Waals surface area contributed by atoms with Crippen LogP contribution < -0.4 is 15.3 Å². The molecule has 8 nitrogen and oxygen atoms in total. The van der Waals surface area contributed by atoms with Crippen molar-refractivity contribution in [2.24, 2.45) is 5.10 Å². The molecule has 0 atom stereocenters. The van der Waals surface area contributed by atoms with Crippen molar-refractivity contribution in [2.45, 2.75) is 0 Å². The number of para-hydroxylation sites is 1. The number of carbonyl (C=O) groups excluding carboxylic acids is 1. The van der Waals surface area contributed by atoms with E-state index in [1.54, 1.807) is 24.3 Å². The van der Waals surface area contributed by atoms with Crippen LogP contribution in [0.2, 0.25) is 5.02 Å². The first-order valence-corrected chi connectivity index (χ1v) is 7.00. The maximum absolute atomic E-state index is 11.7. The Labute approximate surface area is 141 Å². The van der Waals surface area contributed by atoms with Gasteiger partial charge in [-0.05, 0) is 29.5 Å². The number of hydrazone groups is 1. The van der Waals surface area contributed by atoms with E-state index >= 15 is 0 Å². The highest BCUT2D eigenvalue weighted by atomic mass is 35.5. The Balaban J connectivity index is 1.91. The van der Waals surface area contributed by atoms with E-state index in [0.29, 0.717) is 10.8 Å². The first-order valence-electron chi connectivity index (χ1n) is 6.62. The van der Waals surface area contributed by atoms with E-state index in [4.69, 9.17) is 16.3 Å². The van der Waals surface area contributed by atoms with Crippen molar-refractivity contribution < 1.29 is 19.6 Å². The van der Waals surface area contributed by atoms with Crippen molar-refractivity contribution in [1.29, 1.82) is 0 Å². The molecule has 1 amide bonds. The molecule has 24 heavy (non-hydrogen) atoms. The molecule has 2 aromatic rings. The number of carbonyl (C=O) groups is 1. The first-order chi connectivity index (χ1) is 11.5. The third-order valence-electron chi connectivity index (χ3n) is 2.78. The monoisotopic (exact) mass is 348 g/mol. The largest absolute Gasteiger partial charge is 0.867 e. The third kappa shape index (κ3) is 4.68. The molecule has 0 aliphatic carbocycles. The minimum Gasteiger partial charge on any atom is -0.867 e. The number of halogens is 1. The second-order valence-electron chi connectivity index (χ2n) is 4.49. The molecule has 0 aliphatic rings. The van der Waals surface area contributed by atoms with Crippen LogP contribution in [0, 0.1) is 10.1 Å². The van der Waals surface area contributed by atoms with Gasteiger partial charge in [0.05, 0.1) is 11.1 Å². The fourth-order valence-electron chi connectivity index (χ4n) is 1.70. The zero-order chi connectivity index (χ0) is 17.5. The average Bonchev–Trinajstić information content (AvgIpc) is 2.54. The number of nitro benzene ring substituents is 1. The maximum atomic E-state index is 11.7. The number of hydrogen-bond donors (Lipinski definition) is 1. The van der Waals surface area contributed by atoms with Gasteiger partial charge in [0, 0.05) is 11.1 Å². The second-order valence-corrected chi connectivity index (χ2v) is 4.93. The highest BCUT2D eigenvalue weighted by Gasteiger charge is 2.08. The quantitative estimate of drug-likeness (QED) is 0.485. The third-order valence-corrected chi connectivity index (χ3v) is 3.02. The summed E-state index contributed by atoms with van der Waals surface area (Å²) in [4.78, 5) is 21.5. The predicted molar refractivity (Wildman–Crippen MR) is 85.2 cm³/mol. The van der Waals surface area contributed by atoms with E-state index in [1.165, 1.54) is 12.1 Å².